The Balaban J connectivity index is 1.17. The molecule has 2 aromatic rings. The highest BCUT2D eigenvalue weighted by molar-refractivity contribution is 6.39. The molecule has 3 saturated heterocycles. The van der Waals surface area contributed by atoms with Crippen LogP contribution in [0.5, 0.6) is 0 Å². The summed E-state index contributed by atoms with van der Waals surface area (Å²) in [5.41, 5.74) is 6.56. The van der Waals surface area contributed by atoms with Crippen LogP contribution in [0.15, 0.2) is 30.3 Å². The highest BCUT2D eigenvalue weighted by Crippen LogP contribution is 2.40. The molecule has 0 N–H and O–H groups in total. The van der Waals surface area contributed by atoms with Crippen molar-refractivity contribution in [1.29, 1.82) is 0 Å². The first-order chi connectivity index (χ1) is 16.9. The molecule has 3 aliphatic rings. The van der Waals surface area contributed by atoms with E-state index < -0.39 is 0 Å². The number of rotatable bonds is 5. The molecular weight excluding hydrogens is 477 g/mol. The summed E-state index contributed by atoms with van der Waals surface area (Å²) in [7, 11) is 0. The van der Waals surface area contributed by atoms with Gasteiger partial charge in [0.1, 0.15) is 0 Å². The van der Waals surface area contributed by atoms with Gasteiger partial charge in [0.05, 0.1) is 15.7 Å². The summed E-state index contributed by atoms with van der Waals surface area (Å²) in [6, 6.07) is 10.5. The van der Waals surface area contributed by atoms with Crippen LogP contribution >= 0.6 is 23.2 Å². The molecule has 3 heterocycles. The minimum Gasteiger partial charge on any atom is -0.368 e. The number of aryl methyl sites for hydroxylation is 2. The van der Waals surface area contributed by atoms with Gasteiger partial charge in [0.25, 0.3) is 0 Å². The Kier molecular flexibility index (Phi) is 7.62. The number of piperidine rings is 2. The number of likely N-dealkylation sites (tertiary alicyclic amines) is 2. The summed E-state index contributed by atoms with van der Waals surface area (Å²) >= 11 is 12.8. The highest BCUT2D eigenvalue weighted by Gasteiger charge is 2.32. The summed E-state index contributed by atoms with van der Waals surface area (Å²) in [6.45, 7) is 11.3. The predicted octanol–water partition coefficient (Wildman–Crippen LogP) is 6.44. The van der Waals surface area contributed by atoms with Crippen LogP contribution in [0.2, 0.25) is 10.0 Å². The number of anilines is 1. The lowest BCUT2D eigenvalue weighted by molar-refractivity contribution is -0.138. The molecule has 0 radical (unpaired) electrons. The molecular formula is C29H37Cl2N3O. The molecule has 0 aliphatic carbocycles. The number of para-hydroxylation sites is 1. The molecule has 0 atom stereocenters. The van der Waals surface area contributed by atoms with Crippen molar-refractivity contribution in [2.45, 2.75) is 58.4 Å². The predicted molar refractivity (Wildman–Crippen MR) is 146 cm³/mol. The van der Waals surface area contributed by atoms with Gasteiger partial charge >= 0.3 is 0 Å². The monoisotopic (exact) mass is 513 g/mol. The van der Waals surface area contributed by atoms with E-state index in [1.54, 1.807) is 0 Å². The molecule has 35 heavy (non-hydrogen) atoms. The molecule has 0 bridgehead atoms. The summed E-state index contributed by atoms with van der Waals surface area (Å²) < 4.78 is 0. The Morgan fingerprint density at radius 3 is 2.11 bits per heavy atom. The van der Waals surface area contributed by atoms with E-state index in [0.29, 0.717) is 11.8 Å². The maximum atomic E-state index is 12.9. The van der Waals surface area contributed by atoms with E-state index in [-0.39, 0.29) is 5.92 Å². The number of hydrogen-bond acceptors (Lipinski definition) is 3. The van der Waals surface area contributed by atoms with Crippen LogP contribution in [0.1, 0.15) is 60.3 Å². The Morgan fingerprint density at radius 1 is 0.914 bits per heavy atom. The largest absolute Gasteiger partial charge is 0.368 e. The molecule has 0 unspecified atom stereocenters. The Morgan fingerprint density at radius 2 is 1.51 bits per heavy atom. The van der Waals surface area contributed by atoms with Gasteiger partial charge in [-0.05, 0) is 93.4 Å². The second kappa shape index (κ2) is 10.7. The molecule has 2 aromatic carbocycles. The third-order valence-electron chi connectivity index (χ3n) is 8.31. The standard InChI is InChI=1S/C29H37Cl2N3O/c1-20-15-23(24-17-34(18-24)28-26(30)7-6-8-27(28)31)16-21(2)25(20)19-32-13-9-22(10-14-32)29(35)33-11-4-3-5-12-33/h6-8,15-16,22,24H,3-5,9-14,17-19H2,1-2H3. The van der Waals surface area contributed by atoms with E-state index in [0.717, 1.165) is 74.4 Å². The molecule has 3 fully saturated rings. The number of halogens is 2. The van der Waals surface area contributed by atoms with Gasteiger partial charge < -0.3 is 9.80 Å². The summed E-state index contributed by atoms with van der Waals surface area (Å²) in [4.78, 5) is 19.8. The van der Waals surface area contributed by atoms with Crippen molar-refractivity contribution in [2.75, 3.05) is 44.2 Å². The molecule has 0 saturated carbocycles. The fraction of sp³-hybridized carbons (Fsp3) is 0.552. The van der Waals surface area contributed by atoms with E-state index >= 15 is 0 Å². The van der Waals surface area contributed by atoms with E-state index in [2.05, 4.69) is 40.7 Å². The quantitative estimate of drug-likeness (QED) is 0.460. The summed E-state index contributed by atoms with van der Waals surface area (Å²) in [5, 5.41) is 1.44. The van der Waals surface area contributed by atoms with Gasteiger partial charge in [-0.3, -0.25) is 9.69 Å². The first kappa shape index (κ1) is 24.9. The number of amides is 1. The maximum absolute atomic E-state index is 12.9. The summed E-state index contributed by atoms with van der Waals surface area (Å²) in [6.07, 6.45) is 5.61. The fourth-order valence-electron chi connectivity index (χ4n) is 6.11. The number of hydrogen-bond donors (Lipinski definition) is 0. The van der Waals surface area contributed by atoms with Crippen LogP contribution < -0.4 is 4.90 Å². The first-order valence-corrected chi connectivity index (χ1v) is 14.0. The van der Waals surface area contributed by atoms with Crippen molar-refractivity contribution < 1.29 is 4.79 Å². The molecule has 5 rings (SSSR count). The Labute approximate surface area is 220 Å². The lowest BCUT2D eigenvalue weighted by atomic mass is 9.86. The third kappa shape index (κ3) is 5.35. The van der Waals surface area contributed by atoms with Gasteiger partial charge in [0.2, 0.25) is 5.91 Å². The zero-order valence-electron chi connectivity index (χ0n) is 21.0. The second-order valence-corrected chi connectivity index (χ2v) is 11.6. The van der Waals surface area contributed by atoms with Gasteiger partial charge in [-0.1, -0.05) is 41.4 Å². The van der Waals surface area contributed by atoms with Crippen molar-refractivity contribution in [2.24, 2.45) is 5.92 Å². The van der Waals surface area contributed by atoms with Gasteiger partial charge in [-0.15, -0.1) is 0 Å². The number of nitrogens with zero attached hydrogens (tertiary/aromatic N) is 3. The topological polar surface area (TPSA) is 26.8 Å². The molecule has 0 aromatic heterocycles. The Bertz CT molecular complexity index is 1020. The molecule has 6 heteroatoms. The van der Waals surface area contributed by atoms with Crippen LogP contribution in [0.25, 0.3) is 0 Å². The van der Waals surface area contributed by atoms with Crippen LogP contribution in [0.3, 0.4) is 0 Å². The third-order valence-corrected chi connectivity index (χ3v) is 8.92. The Hall–Kier alpha value is -1.75. The van der Waals surface area contributed by atoms with Gasteiger partial charge in [-0.2, -0.15) is 0 Å². The average Bonchev–Trinajstić information content (AvgIpc) is 2.83. The van der Waals surface area contributed by atoms with Crippen molar-refractivity contribution in [3.05, 3.63) is 62.6 Å². The van der Waals surface area contributed by atoms with Gasteiger partial charge in [0, 0.05) is 44.6 Å². The van der Waals surface area contributed by atoms with Gasteiger partial charge in [-0.25, -0.2) is 0 Å². The van der Waals surface area contributed by atoms with E-state index in [1.165, 1.54) is 41.5 Å². The molecule has 1 amide bonds. The SMILES string of the molecule is Cc1cc(C2CN(c3c(Cl)cccc3Cl)C2)cc(C)c1CN1CCC(C(=O)N2CCCCC2)CC1. The highest BCUT2D eigenvalue weighted by atomic mass is 35.5. The molecule has 0 spiro atoms. The van der Waals surface area contributed by atoms with Crippen molar-refractivity contribution >= 4 is 34.8 Å². The molecule has 3 aliphatic heterocycles. The average molecular weight is 515 g/mol. The lowest BCUT2D eigenvalue weighted by Gasteiger charge is -2.42. The van der Waals surface area contributed by atoms with Gasteiger partial charge in [0.15, 0.2) is 0 Å². The number of carbonyl (C=O) groups is 1. The second-order valence-electron chi connectivity index (χ2n) is 10.7. The smallest absolute Gasteiger partial charge is 0.225 e. The van der Waals surface area contributed by atoms with Crippen molar-refractivity contribution in [3.8, 4) is 0 Å². The van der Waals surface area contributed by atoms with Crippen LogP contribution in [-0.4, -0.2) is 55.0 Å². The maximum Gasteiger partial charge on any atom is 0.225 e. The van der Waals surface area contributed by atoms with E-state index in [1.807, 2.05) is 18.2 Å². The fourth-order valence-corrected chi connectivity index (χ4v) is 6.75. The molecule has 4 nitrogen and oxygen atoms in total. The zero-order chi connectivity index (χ0) is 24.5. The lowest BCUT2D eigenvalue weighted by Crippen LogP contribution is -2.45. The van der Waals surface area contributed by atoms with Crippen LogP contribution in [0, 0.1) is 19.8 Å². The minimum absolute atomic E-state index is 0.224. The zero-order valence-corrected chi connectivity index (χ0v) is 22.5. The van der Waals surface area contributed by atoms with Crippen molar-refractivity contribution in [1.82, 2.24) is 9.80 Å². The summed E-state index contributed by atoms with van der Waals surface area (Å²) in [5.74, 6) is 1.14. The number of carbonyl (C=O) groups excluding carboxylic acids is 1. The normalized spacial score (nSPS) is 20.2. The number of benzene rings is 2. The first-order valence-electron chi connectivity index (χ1n) is 13.2. The van der Waals surface area contributed by atoms with Crippen LogP contribution in [-0.2, 0) is 11.3 Å². The minimum atomic E-state index is 0.224. The van der Waals surface area contributed by atoms with Crippen LogP contribution in [0.4, 0.5) is 5.69 Å². The van der Waals surface area contributed by atoms with E-state index in [4.69, 9.17) is 23.2 Å². The van der Waals surface area contributed by atoms with Crippen molar-refractivity contribution in [3.63, 3.8) is 0 Å². The molecule has 188 valence electrons. The van der Waals surface area contributed by atoms with E-state index in [9.17, 15) is 4.79 Å².